The molecule has 0 fully saturated rings. The molecule has 0 spiro atoms. The summed E-state index contributed by atoms with van der Waals surface area (Å²) in [6.07, 6.45) is 0. The molecule has 0 aromatic heterocycles. The average Bonchev–Trinajstić information content (AvgIpc) is 2.42. The van der Waals surface area contributed by atoms with Crippen molar-refractivity contribution in [3.63, 3.8) is 0 Å². The van der Waals surface area contributed by atoms with E-state index >= 15 is 0 Å². The quantitative estimate of drug-likeness (QED) is 0.616. The molecular weight excluding hydrogens is 469 g/mol. The van der Waals surface area contributed by atoms with E-state index in [0.29, 0.717) is 13.1 Å². The highest BCUT2D eigenvalue weighted by Gasteiger charge is 2.09. The lowest BCUT2D eigenvalue weighted by atomic mass is 10.2. The Hall–Kier alpha value is -0.430. The van der Waals surface area contributed by atoms with Gasteiger partial charge < -0.3 is 10.1 Å². The number of ether oxygens (including phenoxy) is 1. The summed E-state index contributed by atoms with van der Waals surface area (Å²) in [7, 11) is 1.64. The Morgan fingerprint density at radius 1 is 1.00 bits per heavy atom. The molecule has 2 aromatic carbocycles. The Bertz CT molecular complexity index is 649. The molecule has 21 heavy (non-hydrogen) atoms. The Balaban J connectivity index is 2.08. The minimum Gasteiger partial charge on any atom is -0.495 e. The first-order valence-electron chi connectivity index (χ1n) is 6.18. The minimum absolute atomic E-state index is 0.238. The van der Waals surface area contributed by atoms with Crippen molar-refractivity contribution in [2.75, 3.05) is 7.11 Å². The van der Waals surface area contributed by atoms with Gasteiger partial charge in [-0.15, -0.1) is 0 Å². The van der Waals surface area contributed by atoms with E-state index in [1.807, 2.05) is 12.1 Å². The summed E-state index contributed by atoms with van der Waals surface area (Å²) in [5.74, 6) is 0.557. The van der Waals surface area contributed by atoms with Gasteiger partial charge in [-0.1, -0.05) is 31.9 Å². The summed E-state index contributed by atoms with van der Waals surface area (Å²) in [4.78, 5) is 0. The second kappa shape index (κ2) is 7.72. The van der Waals surface area contributed by atoms with Crippen LogP contribution in [0.25, 0.3) is 0 Å². The Morgan fingerprint density at radius 3 is 2.43 bits per heavy atom. The van der Waals surface area contributed by atoms with Crippen LogP contribution < -0.4 is 10.1 Å². The molecule has 112 valence electrons. The second-order valence-corrected chi connectivity index (χ2v) is 7.04. The molecule has 2 rings (SSSR count). The first-order chi connectivity index (χ1) is 10.0. The van der Waals surface area contributed by atoms with Gasteiger partial charge in [-0.3, -0.25) is 0 Å². The number of hydrogen-bond acceptors (Lipinski definition) is 2. The first kappa shape index (κ1) is 16.9. The molecule has 0 unspecified atom stereocenters. The van der Waals surface area contributed by atoms with Crippen LogP contribution in [0.2, 0.25) is 0 Å². The van der Waals surface area contributed by atoms with Crippen LogP contribution in [0.3, 0.4) is 0 Å². The molecule has 2 aromatic rings. The van der Waals surface area contributed by atoms with E-state index in [1.165, 1.54) is 12.1 Å². The number of methoxy groups -OCH3 is 1. The summed E-state index contributed by atoms with van der Waals surface area (Å²) in [5.41, 5.74) is 1.90. The van der Waals surface area contributed by atoms with Gasteiger partial charge in [0.2, 0.25) is 0 Å². The molecule has 0 saturated carbocycles. The summed E-state index contributed by atoms with van der Waals surface area (Å²) >= 11 is 10.4. The van der Waals surface area contributed by atoms with Crippen molar-refractivity contribution in [2.45, 2.75) is 13.1 Å². The van der Waals surface area contributed by atoms with Crippen molar-refractivity contribution in [2.24, 2.45) is 0 Å². The zero-order chi connectivity index (χ0) is 15.4. The fourth-order valence-electron chi connectivity index (χ4n) is 1.98. The zero-order valence-corrected chi connectivity index (χ0v) is 16.0. The lowest BCUT2D eigenvalue weighted by Gasteiger charge is -2.13. The molecule has 0 atom stereocenters. The van der Waals surface area contributed by atoms with Crippen molar-refractivity contribution in [1.82, 2.24) is 5.32 Å². The molecule has 6 heteroatoms. The maximum atomic E-state index is 13.2. The van der Waals surface area contributed by atoms with Crippen LogP contribution >= 0.6 is 47.8 Å². The highest BCUT2D eigenvalue weighted by molar-refractivity contribution is 9.11. The number of rotatable bonds is 5. The fraction of sp³-hybridized carbons (Fsp3) is 0.200. The normalized spacial score (nSPS) is 10.7. The van der Waals surface area contributed by atoms with E-state index in [4.69, 9.17) is 4.74 Å². The molecular formula is C15H13Br3FNO. The molecule has 0 aliphatic carbocycles. The molecule has 2 nitrogen and oxygen atoms in total. The van der Waals surface area contributed by atoms with Crippen LogP contribution in [0.4, 0.5) is 4.39 Å². The SMILES string of the molecule is COc1c(Br)cc(Br)cc1CNCc1cc(F)ccc1Br. The Morgan fingerprint density at radius 2 is 1.71 bits per heavy atom. The van der Waals surface area contributed by atoms with Crippen LogP contribution in [0.1, 0.15) is 11.1 Å². The lowest BCUT2D eigenvalue weighted by molar-refractivity contribution is 0.405. The van der Waals surface area contributed by atoms with Crippen molar-refractivity contribution in [1.29, 1.82) is 0 Å². The molecule has 0 amide bonds. The van der Waals surface area contributed by atoms with Crippen LogP contribution in [-0.2, 0) is 13.1 Å². The molecule has 0 saturated heterocycles. The number of halogens is 4. The van der Waals surface area contributed by atoms with Gasteiger partial charge in [0.25, 0.3) is 0 Å². The standard InChI is InChI=1S/C15H13Br3FNO/c1-21-15-10(4-11(16)6-14(15)18)8-20-7-9-5-12(19)2-3-13(9)17/h2-6,20H,7-8H2,1H3. The summed E-state index contributed by atoms with van der Waals surface area (Å²) < 4.78 is 21.4. The number of benzene rings is 2. The van der Waals surface area contributed by atoms with Gasteiger partial charge in [0.05, 0.1) is 11.6 Å². The highest BCUT2D eigenvalue weighted by Crippen LogP contribution is 2.32. The maximum Gasteiger partial charge on any atom is 0.137 e. The lowest BCUT2D eigenvalue weighted by Crippen LogP contribution is -2.14. The summed E-state index contributed by atoms with van der Waals surface area (Å²) in [6, 6.07) is 8.60. The first-order valence-corrected chi connectivity index (χ1v) is 8.55. The van der Waals surface area contributed by atoms with Gasteiger partial charge in [-0.05, 0) is 51.8 Å². The van der Waals surface area contributed by atoms with Crippen molar-refractivity contribution < 1.29 is 9.13 Å². The molecule has 0 aliphatic rings. The van der Waals surface area contributed by atoms with E-state index in [1.54, 1.807) is 13.2 Å². The van der Waals surface area contributed by atoms with E-state index in [0.717, 1.165) is 30.3 Å². The van der Waals surface area contributed by atoms with Crippen LogP contribution in [-0.4, -0.2) is 7.11 Å². The van der Waals surface area contributed by atoms with Crippen LogP contribution in [0.5, 0.6) is 5.75 Å². The molecule has 0 heterocycles. The number of hydrogen-bond donors (Lipinski definition) is 1. The predicted octanol–water partition coefficient (Wildman–Crippen LogP) is 5.41. The molecule has 0 bridgehead atoms. The minimum atomic E-state index is -0.238. The topological polar surface area (TPSA) is 21.3 Å². The molecule has 1 N–H and O–H groups in total. The van der Waals surface area contributed by atoms with Gasteiger partial charge in [0.1, 0.15) is 11.6 Å². The Labute approximate surface area is 148 Å². The van der Waals surface area contributed by atoms with E-state index in [-0.39, 0.29) is 5.82 Å². The second-order valence-electron chi connectivity index (χ2n) is 4.42. The third-order valence-corrected chi connectivity index (χ3v) is 4.75. The monoisotopic (exact) mass is 479 g/mol. The third-order valence-electron chi connectivity index (χ3n) is 2.93. The summed E-state index contributed by atoms with van der Waals surface area (Å²) in [6.45, 7) is 1.18. The maximum absolute atomic E-state index is 13.2. The van der Waals surface area contributed by atoms with E-state index in [9.17, 15) is 4.39 Å². The molecule has 0 radical (unpaired) electrons. The van der Waals surface area contributed by atoms with Crippen molar-refractivity contribution in [3.05, 3.63) is 60.7 Å². The molecule has 0 aliphatic heterocycles. The fourth-order valence-corrected chi connectivity index (χ4v) is 3.85. The van der Waals surface area contributed by atoms with E-state index in [2.05, 4.69) is 53.1 Å². The summed E-state index contributed by atoms with van der Waals surface area (Å²) in [5, 5.41) is 3.30. The highest BCUT2D eigenvalue weighted by atomic mass is 79.9. The number of nitrogens with one attached hydrogen (secondary N) is 1. The predicted molar refractivity (Wildman–Crippen MR) is 93.0 cm³/mol. The van der Waals surface area contributed by atoms with Gasteiger partial charge in [-0.25, -0.2) is 4.39 Å². The van der Waals surface area contributed by atoms with Crippen LogP contribution in [0.15, 0.2) is 43.7 Å². The van der Waals surface area contributed by atoms with Crippen LogP contribution in [0, 0.1) is 5.82 Å². The zero-order valence-electron chi connectivity index (χ0n) is 11.2. The van der Waals surface area contributed by atoms with Crippen molar-refractivity contribution >= 4 is 47.8 Å². The van der Waals surface area contributed by atoms with E-state index < -0.39 is 0 Å². The third kappa shape index (κ3) is 4.52. The van der Waals surface area contributed by atoms with Gasteiger partial charge >= 0.3 is 0 Å². The van der Waals surface area contributed by atoms with Crippen molar-refractivity contribution in [3.8, 4) is 5.75 Å². The van der Waals surface area contributed by atoms with Gasteiger partial charge in [0, 0.05) is 27.6 Å². The van der Waals surface area contributed by atoms with Gasteiger partial charge in [0.15, 0.2) is 0 Å². The average molecular weight is 482 g/mol. The largest absolute Gasteiger partial charge is 0.495 e. The Kier molecular flexibility index (Phi) is 6.22. The van der Waals surface area contributed by atoms with Gasteiger partial charge in [-0.2, -0.15) is 0 Å². The smallest absolute Gasteiger partial charge is 0.137 e.